The van der Waals surface area contributed by atoms with Gasteiger partial charge in [-0.2, -0.15) is 4.98 Å². The molecule has 2 fully saturated rings. The number of hydrogen-bond acceptors (Lipinski definition) is 6. The van der Waals surface area contributed by atoms with Crippen molar-refractivity contribution in [1.29, 1.82) is 0 Å². The fraction of sp³-hybridized carbons (Fsp3) is 0.478. The summed E-state index contributed by atoms with van der Waals surface area (Å²) in [6.07, 6.45) is 9.06. The summed E-state index contributed by atoms with van der Waals surface area (Å²) in [6.45, 7) is 0. The van der Waals surface area contributed by atoms with Gasteiger partial charge in [-0.05, 0) is 50.7 Å². The third kappa shape index (κ3) is 4.63. The second-order valence-electron chi connectivity index (χ2n) is 9.11. The Morgan fingerprint density at radius 2 is 1.82 bits per heavy atom. The molecule has 0 radical (unpaired) electrons. The molecular weight excluding hydrogens is 480 g/mol. The van der Waals surface area contributed by atoms with Gasteiger partial charge in [-0.15, -0.1) is 0 Å². The van der Waals surface area contributed by atoms with Crippen molar-refractivity contribution in [3.05, 3.63) is 34.2 Å². The van der Waals surface area contributed by atoms with Gasteiger partial charge >= 0.3 is 0 Å². The molecule has 0 saturated heterocycles. The molecule has 34 heavy (non-hydrogen) atoms. The summed E-state index contributed by atoms with van der Waals surface area (Å²) in [5.74, 6) is -0.0303. The number of hydrogen-bond donors (Lipinski definition) is 3. The van der Waals surface area contributed by atoms with E-state index >= 15 is 0 Å². The number of anilines is 3. The van der Waals surface area contributed by atoms with Gasteiger partial charge in [-0.25, -0.2) is 14.4 Å². The highest BCUT2D eigenvalue weighted by molar-refractivity contribution is 6.36. The summed E-state index contributed by atoms with van der Waals surface area (Å²) in [4.78, 5) is 25.6. The second kappa shape index (κ2) is 9.54. The first-order valence-corrected chi connectivity index (χ1v) is 12.4. The number of halogens is 3. The Bertz CT molecular complexity index is 1200. The van der Waals surface area contributed by atoms with Crippen molar-refractivity contribution in [3.8, 4) is 0 Å². The van der Waals surface area contributed by atoms with E-state index < -0.39 is 5.82 Å². The lowest BCUT2D eigenvalue weighted by atomic mass is 9.85. The molecule has 2 saturated carbocycles. The van der Waals surface area contributed by atoms with Crippen LogP contribution in [0, 0.1) is 11.7 Å². The molecule has 11 heteroatoms. The minimum absolute atomic E-state index is 0.00599. The van der Waals surface area contributed by atoms with Crippen LogP contribution < -0.4 is 16.4 Å². The van der Waals surface area contributed by atoms with Crippen LogP contribution in [-0.4, -0.2) is 31.5 Å². The predicted molar refractivity (Wildman–Crippen MR) is 131 cm³/mol. The Kier molecular flexibility index (Phi) is 6.48. The summed E-state index contributed by atoms with van der Waals surface area (Å²) in [5, 5.41) is 6.84. The van der Waals surface area contributed by atoms with Crippen molar-refractivity contribution < 1.29 is 9.18 Å². The van der Waals surface area contributed by atoms with Crippen molar-refractivity contribution in [1.82, 2.24) is 19.5 Å². The Morgan fingerprint density at radius 1 is 1.09 bits per heavy atom. The molecule has 0 aliphatic heterocycles. The molecule has 4 N–H and O–H groups in total. The standard InChI is InChI=1S/C23H26Cl2FN7O/c24-13-9-16(25)19(17(26)10-13)31-23-30-18-11-28-22(29-14-3-1-2-4-14)32-21(18)33(23)15-7-5-12(6-8-15)20(27)34/h9-12,14-15H,1-8H2,(H2,27,34)(H,30,31)(H,28,29,32)/t12-,15-. The van der Waals surface area contributed by atoms with Crippen LogP contribution in [0.25, 0.3) is 11.2 Å². The zero-order valence-corrected chi connectivity index (χ0v) is 20.0. The highest BCUT2D eigenvalue weighted by Gasteiger charge is 2.29. The van der Waals surface area contributed by atoms with E-state index in [0.717, 1.165) is 25.7 Å². The van der Waals surface area contributed by atoms with Gasteiger partial charge in [-0.1, -0.05) is 36.0 Å². The number of imidazole rings is 1. The van der Waals surface area contributed by atoms with Crippen molar-refractivity contribution in [3.63, 3.8) is 0 Å². The normalized spacial score (nSPS) is 21.1. The van der Waals surface area contributed by atoms with Crippen molar-refractivity contribution in [2.24, 2.45) is 11.7 Å². The molecule has 2 aliphatic rings. The highest BCUT2D eigenvalue weighted by Crippen LogP contribution is 2.38. The van der Waals surface area contributed by atoms with Crippen LogP contribution in [-0.2, 0) is 4.79 Å². The second-order valence-corrected chi connectivity index (χ2v) is 9.95. The number of amides is 1. The van der Waals surface area contributed by atoms with E-state index in [1.807, 2.05) is 4.57 Å². The Hall–Kier alpha value is -2.65. The monoisotopic (exact) mass is 505 g/mol. The molecule has 2 heterocycles. The summed E-state index contributed by atoms with van der Waals surface area (Å²) in [7, 11) is 0. The fourth-order valence-corrected chi connectivity index (χ4v) is 5.55. The number of benzene rings is 1. The quantitative estimate of drug-likeness (QED) is 0.402. The molecule has 8 nitrogen and oxygen atoms in total. The molecule has 2 aromatic heterocycles. The number of aromatic nitrogens is 4. The lowest BCUT2D eigenvalue weighted by molar-refractivity contribution is -0.122. The lowest BCUT2D eigenvalue weighted by Crippen LogP contribution is -2.29. The maximum Gasteiger partial charge on any atom is 0.224 e. The number of rotatable bonds is 6. The number of carbonyl (C=O) groups excluding carboxylic acids is 1. The molecule has 5 rings (SSSR count). The van der Waals surface area contributed by atoms with Gasteiger partial charge in [0.2, 0.25) is 17.8 Å². The SMILES string of the molecule is NC(=O)[C@H]1CC[C@H](n2c(Nc3c(F)cc(Cl)cc3Cl)nc3cnc(NC4CCCC4)nc32)CC1. The van der Waals surface area contributed by atoms with E-state index in [0.29, 0.717) is 41.9 Å². The number of nitrogens with two attached hydrogens (primary N) is 1. The van der Waals surface area contributed by atoms with Crippen molar-refractivity contribution >= 4 is 57.9 Å². The average Bonchev–Trinajstić information content (AvgIpc) is 3.43. The molecule has 0 bridgehead atoms. The van der Waals surface area contributed by atoms with E-state index in [1.54, 1.807) is 6.20 Å². The van der Waals surface area contributed by atoms with Crippen LogP contribution in [0.5, 0.6) is 0 Å². The molecule has 1 amide bonds. The van der Waals surface area contributed by atoms with Crippen LogP contribution in [0.3, 0.4) is 0 Å². The Balaban J connectivity index is 1.54. The van der Waals surface area contributed by atoms with Crippen LogP contribution >= 0.6 is 23.2 Å². The Labute approximate surface area is 206 Å². The van der Waals surface area contributed by atoms with Gasteiger partial charge in [-0.3, -0.25) is 9.36 Å². The summed E-state index contributed by atoms with van der Waals surface area (Å²) in [5.41, 5.74) is 6.85. The van der Waals surface area contributed by atoms with E-state index in [-0.39, 0.29) is 33.6 Å². The van der Waals surface area contributed by atoms with E-state index in [9.17, 15) is 9.18 Å². The molecule has 0 atom stereocenters. The van der Waals surface area contributed by atoms with Crippen LogP contribution in [0.15, 0.2) is 18.3 Å². The topological polar surface area (TPSA) is 111 Å². The maximum absolute atomic E-state index is 14.7. The maximum atomic E-state index is 14.7. The number of fused-ring (bicyclic) bond motifs is 1. The molecule has 3 aromatic rings. The minimum Gasteiger partial charge on any atom is -0.369 e. The van der Waals surface area contributed by atoms with E-state index in [1.165, 1.54) is 25.0 Å². The highest BCUT2D eigenvalue weighted by atomic mass is 35.5. The van der Waals surface area contributed by atoms with Crippen molar-refractivity contribution in [2.45, 2.75) is 63.5 Å². The summed E-state index contributed by atoms with van der Waals surface area (Å²) < 4.78 is 16.7. The molecular formula is C23H26Cl2FN7O. The predicted octanol–water partition coefficient (Wildman–Crippen LogP) is 5.59. The van der Waals surface area contributed by atoms with Crippen molar-refractivity contribution in [2.75, 3.05) is 10.6 Å². The third-order valence-corrected chi connectivity index (χ3v) is 7.35. The molecule has 180 valence electrons. The fourth-order valence-electron chi connectivity index (χ4n) is 5.04. The largest absolute Gasteiger partial charge is 0.369 e. The zero-order chi connectivity index (χ0) is 23.8. The first-order chi connectivity index (χ1) is 16.4. The van der Waals surface area contributed by atoms with Crippen LogP contribution in [0.1, 0.15) is 57.4 Å². The number of nitrogens with one attached hydrogen (secondary N) is 2. The smallest absolute Gasteiger partial charge is 0.224 e. The molecule has 1 aromatic carbocycles. The molecule has 0 spiro atoms. The van der Waals surface area contributed by atoms with Gasteiger partial charge < -0.3 is 16.4 Å². The number of carbonyl (C=O) groups is 1. The molecule has 0 unspecified atom stereocenters. The first kappa shape index (κ1) is 23.1. The van der Waals surface area contributed by atoms with E-state index in [4.69, 9.17) is 33.9 Å². The first-order valence-electron chi connectivity index (χ1n) is 11.6. The summed E-state index contributed by atoms with van der Waals surface area (Å²) >= 11 is 12.2. The van der Waals surface area contributed by atoms with Gasteiger partial charge in [0.15, 0.2) is 5.65 Å². The minimum atomic E-state index is -0.580. The van der Waals surface area contributed by atoms with E-state index in [2.05, 4.69) is 20.6 Å². The zero-order valence-electron chi connectivity index (χ0n) is 18.5. The van der Waals surface area contributed by atoms with Gasteiger partial charge in [0.1, 0.15) is 11.3 Å². The van der Waals surface area contributed by atoms with Gasteiger partial charge in [0.05, 0.1) is 16.9 Å². The third-order valence-electron chi connectivity index (χ3n) is 6.83. The lowest BCUT2D eigenvalue weighted by Gasteiger charge is -2.29. The summed E-state index contributed by atoms with van der Waals surface area (Å²) in [6, 6.07) is 3.04. The van der Waals surface area contributed by atoms with Gasteiger partial charge in [0.25, 0.3) is 0 Å². The average molecular weight is 506 g/mol. The van der Waals surface area contributed by atoms with Crippen LogP contribution in [0.2, 0.25) is 10.0 Å². The molecule has 2 aliphatic carbocycles. The number of primary amides is 1. The Morgan fingerprint density at radius 3 is 2.50 bits per heavy atom. The number of nitrogens with zero attached hydrogens (tertiary/aromatic N) is 4. The van der Waals surface area contributed by atoms with Gasteiger partial charge in [0, 0.05) is 23.0 Å². The van der Waals surface area contributed by atoms with Crippen LogP contribution in [0.4, 0.5) is 22.0 Å².